The molecule has 2 aliphatic heterocycles. The van der Waals surface area contributed by atoms with Crippen LogP contribution in [0.2, 0.25) is 5.02 Å². The average molecular weight is 307 g/mol. The largest absolute Gasteiger partial charge is 0.300 e. The third kappa shape index (κ3) is 4.00. The molecule has 2 nitrogen and oxygen atoms in total. The van der Waals surface area contributed by atoms with Crippen LogP contribution in [0.15, 0.2) is 24.3 Å². The molecule has 0 spiro atoms. The monoisotopic (exact) mass is 306 g/mol. The number of hydrogen-bond donors (Lipinski definition) is 0. The van der Waals surface area contributed by atoms with Gasteiger partial charge < -0.3 is 4.90 Å². The number of likely N-dealkylation sites (tertiary alicyclic amines) is 2. The van der Waals surface area contributed by atoms with E-state index in [2.05, 4.69) is 28.9 Å². The Hall–Kier alpha value is -0.570. The van der Waals surface area contributed by atoms with Gasteiger partial charge in [-0.25, -0.2) is 0 Å². The van der Waals surface area contributed by atoms with Gasteiger partial charge in [-0.1, -0.05) is 36.7 Å². The van der Waals surface area contributed by atoms with Crippen LogP contribution < -0.4 is 0 Å². The predicted octanol–water partition coefficient (Wildman–Crippen LogP) is 4.04. The molecule has 0 aliphatic carbocycles. The van der Waals surface area contributed by atoms with Crippen molar-refractivity contribution in [2.24, 2.45) is 5.92 Å². The summed E-state index contributed by atoms with van der Waals surface area (Å²) in [7, 11) is 0. The molecule has 3 rings (SSSR count). The lowest BCUT2D eigenvalue weighted by molar-refractivity contribution is 0.0729. The van der Waals surface area contributed by atoms with Crippen LogP contribution in [0.3, 0.4) is 0 Å². The van der Waals surface area contributed by atoms with Crippen molar-refractivity contribution in [1.82, 2.24) is 9.80 Å². The van der Waals surface area contributed by atoms with Gasteiger partial charge in [0.05, 0.1) is 0 Å². The molecule has 1 aromatic carbocycles. The van der Waals surface area contributed by atoms with Gasteiger partial charge in [-0.15, -0.1) is 0 Å². The molecule has 0 aromatic heterocycles. The molecule has 0 amide bonds. The van der Waals surface area contributed by atoms with E-state index in [1.165, 1.54) is 57.4 Å². The summed E-state index contributed by atoms with van der Waals surface area (Å²) in [5, 5.41) is 0.907. The van der Waals surface area contributed by atoms with Crippen LogP contribution in [0.5, 0.6) is 0 Å². The molecule has 0 bridgehead atoms. The van der Waals surface area contributed by atoms with Crippen LogP contribution in [0.1, 0.15) is 38.2 Å². The lowest BCUT2D eigenvalue weighted by Crippen LogP contribution is -2.47. The highest BCUT2D eigenvalue weighted by atomic mass is 35.5. The first-order chi connectivity index (χ1) is 10.2. The zero-order chi connectivity index (χ0) is 14.7. The number of rotatable bonds is 3. The summed E-state index contributed by atoms with van der Waals surface area (Å²) in [5.41, 5.74) is 1.27. The van der Waals surface area contributed by atoms with Crippen molar-refractivity contribution in [3.63, 3.8) is 0 Å². The fraction of sp³-hybridized carbons (Fsp3) is 0.667. The Labute approximate surface area is 134 Å². The molecule has 0 N–H and O–H groups in total. The van der Waals surface area contributed by atoms with Crippen molar-refractivity contribution in [3.8, 4) is 0 Å². The molecule has 0 radical (unpaired) electrons. The van der Waals surface area contributed by atoms with Gasteiger partial charge in [0.1, 0.15) is 0 Å². The summed E-state index contributed by atoms with van der Waals surface area (Å²) < 4.78 is 0. The maximum Gasteiger partial charge on any atom is 0.0451 e. The molecule has 0 saturated carbocycles. The van der Waals surface area contributed by atoms with E-state index in [-0.39, 0.29) is 0 Å². The van der Waals surface area contributed by atoms with Crippen LogP contribution in [0, 0.1) is 5.92 Å². The first kappa shape index (κ1) is 15.3. The van der Waals surface area contributed by atoms with E-state index < -0.39 is 0 Å². The number of hydrogen-bond acceptors (Lipinski definition) is 2. The Bertz CT molecular complexity index is 454. The van der Waals surface area contributed by atoms with Crippen molar-refractivity contribution < 1.29 is 0 Å². The van der Waals surface area contributed by atoms with Crippen LogP contribution in [-0.2, 0) is 6.54 Å². The minimum Gasteiger partial charge on any atom is -0.300 e. The summed E-state index contributed by atoms with van der Waals surface area (Å²) in [6.45, 7) is 8.46. The zero-order valence-electron chi connectivity index (χ0n) is 13.1. The Kier molecular flexibility index (Phi) is 5.20. The summed E-state index contributed by atoms with van der Waals surface area (Å²) in [4.78, 5) is 5.31. The molecule has 21 heavy (non-hydrogen) atoms. The van der Waals surface area contributed by atoms with E-state index in [1.807, 2.05) is 12.1 Å². The summed E-state index contributed by atoms with van der Waals surface area (Å²) >= 11 is 6.28. The van der Waals surface area contributed by atoms with Gasteiger partial charge in [0, 0.05) is 24.2 Å². The second kappa shape index (κ2) is 7.13. The quantitative estimate of drug-likeness (QED) is 0.831. The molecule has 2 aliphatic rings. The maximum absolute atomic E-state index is 6.28. The molecule has 3 heteroatoms. The van der Waals surface area contributed by atoms with Crippen molar-refractivity contribution in [1.29, 1.82) is 0 Å². The zero-order valence-corrected chi connectivity index (χ0v) is 13.9. The van der Waals surface area contributed by atoms with Crippen molar-refractivity contribution in [2.75, 3.05) is 26.2 Å². The third-order valence-electron chi connectivity index (χ3n) is 5.11. The van der Waals surface area contributed by atoms with E-state index in [9.17, 15) is 0 Å². The van der Waals surface area contributed by atoms with Crippen LogP contribution in [0.4, 0.5) is 0 Å². The van der Waals surface area contributed by atoms with Crippen molar-refractivity contribution in [3.05, 3.63) is 34.9 Å². The highest BCUT2D eigenvalue weighted by Gasteiger charge is 2.27. The summed E-state index contributed by atoms with van der Waals surface area (Å²) in [6.07, 6.45) is 5.44. The van der Waals surface area contributed by atoms with Gasteiger partial charge in [-0.2, -0.15) is 0 Å². The van der Waals surface area contributed by atoms with Gasteiger partial charge in [0.25, 0.3) is 0 Å². The number of halogens is 1. The molecular formula is C18H27ClN2. The standard InChI is InChI=1S/C18H27ClN2/c1-15-5-4-10-21(13-15)17-8-11-20(12-9-17)14-16-6-2-3-7-18(16)19/h2-3,6-7,15,17H,4-5,8-14H2,1H3. The molecule has 1 atom stereocenters. The minimum atomic E-state index is 0.815. The van der Waals surface area contributed by atoms with Gasteiger partial charge in [0.2, 0.25) is 0 Å². The van der Waals surface area contributed by atoms with E-state index in [4.69, 9.17) is 11.6 Å². The molecule has 2 fully saturated rings. The SMILES string of the molecule is CC1CCCN(C2CCN(Cc3ccccc3Cl)CC2)C1. The van der Waals surface area contributed by atoms with Crippen LogP contribution in [0.25, 0.3) is 0 Å². The van der Waals surface area contributed by atoms with Gasteiger partial charge in [-0.3, -0.25) is 4.90 Å². The Morgan fingerprint density at radius 2 is 1.86 bits per heavy atom. The Balaban J connectivity index is 1.50. The lowest BCUT2D eigenvalue weighted by Gasteiger charge is -2.41. The molecule has 116 valence electrons. The number of nitrogens with zero attached hydrogens (tertiary/aromatic N) is 2. The summed E-state index contributed by atoms with van der Waals surface area (Å²) in [6, 6.07) is 9.06. The van der Waals surface area contributed by atoms with Crippen LogP contribution >= 0.6 is 11.6 Å². The summed E-state index contributed by atoms with van der Waals surface area (Å²) in [5.74, 6) is 0.889. The smallest absolute Gasteiger partial charge is 0.0451 e. The predicted molar refractivity (Wildman–Crippen MR) is 89.7 cm³/mol. The number of benzene rings is 1. The molecule has 1 aromatic rings. The van der Waals surface area contributed by atoms with Gasteiger partial charge in [-0.05, 0) is 62.9 Å². The topological polar surface area (TPSA) is 6.48 Å². The Morgan fingerprint density at radius 3 is 2.57 bits per heavy atom. The third-order valence-corrected chi connectivity index (χ3v) is 5.48. The van der Waals surface area contributed by atoms with E-state index in [1.54, 1.807) is 0 Å². The molecule has 2 saturated heterocycles. The first-order valence-electron chi connectivity index (χ1n) is 8.42. The van der Waals surface area contributed by atoms with Crippen molar-refractivity contribution >= 4 is 11.6 Å². The molecular weight excluding hydrogens is 280 g/mol. The van der Waals surface area contributed by atoms with Gasteiger partial charge >= 0.3 is 0 Å². The Morgan fingerprint density at radius 1 is 1.10 bits per heavy atom. The maximum atomic E-state index is 6.28. The highest BCUT2D eigenvalue weighted by Crippen LogP contribution is 2.25. The average Bonchev–Trinajstić information content (AvgIpc) is 2.50. The highest BCUT2D eigenvalue weighted by molar-refractivity contribution is 6.31. The second-order valence-electron chi connectivity index (χ2n) is 6.84. The molecule has 2 heterocycles. The van der Waals surface area contributed by atoms with E-state index in [0.29, 0.717) is 0 Å². The fourth-order valence-electron chi connectivity index (χ4n) is 3.87. The molecule has 1 unspecified atom stereocenters. The normalized spacial score (nSPS) is 26.1. The minimum absolute atomic E-state index is 0.815. The number of piperidine rings is 2. The van der Waals surface area contributed by atoms with Crippen LogP contribution in [-0.4, -0.2) is 42.0 Å². The fourth-order valence-corrected chi connectivity index (χ4v) is 4.06. The van der Waals surface area contributed by atoms with Gasteiger partial charge in [0.15, 0.2) is 0 Å². The lowest BCUT2D eigenvalue weighted by atomic mass is 9.95. The van der Waals surface area contributed by atoms with E-state index >= 15 is 0 Å². The van der Waals surface area contributed by atoms with Crippen molar-refractivity contribution in [2.45, 2.75) is 45.2 Å². The second-order valence-corrected chi connectivity index (χ2v) is 7.25. The first-order valence-corrected chi connectivity index (χ1v) is 8.80. The van der Waals surface area contributed by atoms with E-state index in [0.717, 1.165) is 23.5 Å².